The van der Waals surface area contributed by atoms with Crippen molar-refractivity contribution in [2.75, 3.05) is 5.73 Å². The molecular formula is C11H11BrFN3. The summed E-state index contributed by atoms with van der Waals surface area (Å²) in [6.07, 6.45) is 1.72. The topological polar surface area (TPSA) is 43.8 Å². The van der Waals surface area contributed by atoms with E-state index in [4.69, 9.17) is 5.73 Å². The third-order valence-electron chi connectivity index (χ3n) is 2.41. The lowest BCUT2D eigenvalue weighted by atomic mass is 10.2. The van der Waals surface area contributed by atoms with Crippen molar-refractivity contribution in [1.29, 1.82) is 0 Å². The Morgan fingerprint density at radius 3 is 2.81 bits per heavy atom. The lowest BCUT2D eigenvalue weighted by Gasteiger charge is -2.07. The molecule has 5 heteroatoms. The van der Waals surface area contributed by atoms with Crippen LogP contribution < -0.4 is 5.73 Å². The fourth-order valence-electron chi connectivity index (χ4n) is 1.43. The van der Waals surface area contributed by atoms with Crippen LogP contribution in [0.5, 0.6) is 0 Å². The van der Waals surface area contributed by atoms with Gasteiger partial charge in [-0.05, 0) is 24.6 Å². The van der Waals surface area contributed by atoms with E-state index in [0.717, 1.165) is 15.6 Å². The van der Waals surface area contributed by atoms with Crippen LogP contribution in [-0.2, 0) is 6.54 Å². The summed E-state index contributed by atoms with van der Waals surface area (Å²) < 4.78 is 15.3. The first kappa shape index (κ1) is 11.1. The number of rotatable bonds is 2. The van der Waals surface area contributed by atoms with Crippen molar-refractivity contribution >= 4 is 21.7 Å². The molecule has 0 saturated carbocycles. The van der Waals surface area contributed by atoms with E-state index in [0.29, 0.717) is 12.4 Å². The van der Waals surface area contributed by atoms with Gasteiger partial charge in [-0.2, -0.15) is 5.10 Å². The van der Waals surface area contributed by atoms with Gasteiger partial charge < -0.3 is 5.73 Å². The molecule has 1 aromatic carbocycles. The van der Waals surface area contributed by atoms with E-state index in [1.165, 1.54) is 12.1 Å². The molecule has 16 heavy (non-hydrogen) atoms. The summed E-state index contributed by atoms with van der Waals surface area (Å²) in [6, 6.07) is 4.57. The third-order valence-corrected chi connectivity index (χ3v) is 3.15. The predicted molar refractivity (Wildman–Crippen MR) is 64.6 cm³/mol. The number of anilines is 1. The number of nitrogen functional groups attached to an aromatic ring is 1. The molecule has 1 aromatic heterocycles. The summed E-state index contributed by atoms with van der Waals surface area (Å²) >= 11 is 3.31. The highest BCUT2D eigenvalue weighted by Gasteiger charge is 2.07. The van der Waals surface area contributed by atoms with Crippen LogP contribution in [-0.4, -0.2) is 9.78 Å². The van der Waals surface area contributed by atoms with Gasteiger partial charge >= 0.3 is 0 Å². The lowest BCUT2D eigenvalue weighted by molar-refractivity contribution is 0.623. The summed E-state index contributed by atoms with van der Waals surface area (Å²) in [5.74, 6) is 0.372. The zero-order chi connectivity index (χ0) is 11.7. The van der Waals surface area contributed by atoms with E-state index in [-0.39, 0.29) is 5.82 Å². The first-order chi connectivity index (χ1) is 7.58. The molecular weight excluding hydrogens is 273 g/mol. The van der Waals surface area contributed by atoms with Crippen LogP contribution in [0.2, 0.25) is 0 Å². The van der Waals surface area contributed by atoms with Crippen LogP contribution >= 0.6 is 15.9 Å². The van der Waals surface area contributed by atoms with Gasteiger partial charge in [0, 0.05) is 10.0 Å². The van der Waals surface area contributed by atoms with Gasteiger partial charge in [-0.3, -0.25) is 0 Å². The molecule has 0 aliphatic carbocycles. The molecule has 0 unspecified atom stereocenters. The van der Waals surface area contributed by atoms with E-state index in [1.807, 2.05) is 6.92 Å². The molecule has 0 radical (unpaired) electrons. The van der Waals surface area contributed by atoms with E-state index in [2.05, 4.69) is 21.0 Å². The molecule has 0 saturated heterocycles. The van der Waals surface area contributed by atoms with Crippen LogP contribution in [0.1, 0.15) is 11.1 Å². The van der Waals surface area contributed by atoms with Crippen LogP contribution in [0, 0.1) is 12.7 Å². The lowest BCUT2D eigenvalue weighted by Crippen LogP contribution is -2.06. The number of halogens is 2. The highest BCUT2D eigenvalue weighted by molar-refractivity contribution is 9.10. The Hall–Kier alpha value is -1.36. The summed E-state index contributed by atoms with van der Waals surface area (Å²) in [4.78, 5) is 0. The zero-order valence-corrected chi connectivity index (χ0v) is 10.3. The maximum atomic E-state index is 12.9. The number of hydrogen-bond acceptors (Lipinski definition) is 2. The summed E-state index contributed by atoms with van der Waals surface area (Å²) in [5, 5.41) is 4.15. The van der Waals surface area contributed by atoms with Gasteiger partial charge in [-0.15, -0.1) is 0 Å². The monoisotopic (exact) mass is 283 g/mol. The smallest absolute Gasteiger partial charge is 0.124 e. The molecule has 1 heterocycles. The van der Waals surface area contributed by atoms with Crippen molar-refractivity contribution in [3.63, 3.8) is 0 Å². The molecule has 2 aromatic rings. The number of benzene rings is 1. The Balaban J connectivity index is 2.30. The van der Waals surface area contributed by atoms with Crippen molar-refractivity contribution < 1.29 is 4.39 Å². The minimum Gasteiger partial charge on any atom is -0.384 e. The second-order valence-electron chi connectivity index (χ2n) is 3.61. The Morgan fingerprint density at radius 2 is 2.25 bits per heavy atom. The normalized spacial score (nSPS) is 10.7. The van der Waals surface area contributed by atoms with Gasteiger partial charge in [-0.1, -0.05) is 22.0 Å². The number of aromatic nitrogens is 2. The molecule has 0 aliphatic rings. The zero-order valence-electron chi connectivity index (χ0n) is 8.74. The van der Waals surface area contributed by atoms with Crippen molar-refractivity contribution in [1.82, 2.24) is 9.78 Å². The quantitative estimate of drug-likeness (QED) is 0.921. The van der Waals surface area contributed by atoms with E-state index in [9.17, 15) is 4.39 Å². The van der Waals surface area contributed by atoms with E-state index in [1.54, 1.807) is 16.9 Å². The van der Waals surface area contributed by atoms with Gasteiger partial charge in [0.25, 0.3) is 0 Å². The van der Waals surface area contributed by atoms with Gasteiger partial charge in [0.1, 0.15) is 11.6 Å². The van der Waals surface area contributed by atoms with Gasteiger partial charge in [0.05, 0.1) is 12.7 Å². The number of nitrogens with two attached hydrogens (primary N) is 1. The minimum atomic E-state index is -0.264. The average Bonchev–Trinajstić information content (AvgIpc) is 2.54. The average molecular weight is 284 g/mol. The number of hydrogen-bond donors (Lipinski definition) is 1. The van der Waals surface area contributed by atoms with Crippen molar-refractivity contribution in [3.05, 3.63) is 45.8 Å². The second kappa shape index (κ2) is 4.25. The summed E-state index contributed by atoms with van der Waals surface area (Å²) in [7, 11) is 0. The van der Waals surface area contributed by atoms with E-state index < -0.39 is 0 Å². The number of nitrogens with zero attached hydrogens (tertiary/aromatic N) is 2. The Morgan fingerprint density at radius 1 is 1.50 bits per heavy atom. The predicted octanol–water partition coefficient (Wildman–Crippen LogP) is 2.72. The Labute approximate surface area is 101 Å². The first-order valence-electron chi connectivity index (χ1n) is 4.79. The van der Waals surface area contributed by atoms with Crippen LogP contribution in [0.25, 0.3) is 0 Å². The molecule has 0 aliphatic heterocycles. The maximum absolute atomic E-state index is 12.9. The third kappa shape index (κ3) is 2.09. The van der Waals surface area contributed by atoms with Crippen LogP contribution in [0.15, 0.2) is 28.9 Å². The second-order valence-corrected chi connectivity index (χ2v) is 4.46. The van der Waals surface area contributed by atoms with Crippen molar-refractivity contribution in [2.24, 2.45) is 0 Å². The van der Waals surface area contributed by atoms with E-state index >= 15 is 0 Å². The fraction of sp³-hybridized carbons (Fsp3) is 0.182. The molecule has 84 valence electrons. The van der Waals surface area contributed by atoms with Crippen molar-refractivity contribution in [2.45, 2.75) is 13.5 Å². The number of aryl methyl sites for hydroxylation is 1. The van der Waals surface area contributed by atoms with Gasteiger partial charge in [-0.25, -0.2) is 9.07 Å². The SMILES string of the molecule is Cc1cnn(Cc2ccc(F)cc2Br)c1N. The maximum Gasteiger partial charge on any atom is 0.124 e. The van der Waals surface area contributed by atoms with Crippen LogP contribution in [0.3, 0.4) is 0 Å². The molecule has 0 amide bonds. The minimum absolute atomic E-state index is 0.264. The molecule has 0 fully saturated rings. The first-order valence-corrected chi connectivity index (χ1v) is 5.59. The highest BCUT2D eigenvalue weighted by atomic mass is 79.9. The molecule has 2 N–H and O–H groups in total. The molecule has 0 spiro atoms. The Bertz CT molecular complexity index is 522. The Kier molecular flexibility index (Phi) is 2.96. The van der Waals surface area contributed by atoms with Gasteiger partial charge in [0.15, 0.2) is 0 Å². The molecule has 3 nitrogen and oxygen atoms in total. The molecule has 0 atom stereocenters. The standard InChI is InChI=1S/C11H11BrFN3/c1-7-5-15-16(11(7)14)6-8-2-3-9(13)4-10(8)12/h2-5H,6,14H2,1H3. The van der Waals surface area contributed by atoms with Gasteiger partial charge in [0.2, 0.25) is 0 Å². The fourth-order valence-corrected chi connectivity index (χ4v) is 1.90. The van der Waals surface area contributed by atoms with Crippen molar-refractivity contribution in [3.8, 4) is 0 Å². The molecule has 0 bridgehead atoms. The summed E-state index contributed by atoms with van der Waals surface area (Å²) in [6.45, 7) is 2.43. The van der Waals surface area contributed by atoms with Crippen LogP contribution in [0.4, 0.5) is 10.2 Å². The molecule has 2 rings (SSSR count). The largest absolute Gasteiger partial charge is 0.384 e. The summed E-state index contributed by atoms with van der Waals surface area (Å²) in [5.41, 5.74) is 7.73. The highest BCUT2D eigenvalue weighted by Crippen LogP contribution is 2.20.